The van der Waals surface area contributed by atoms with E-state index >= 15 is 0 Å². The maximum atomic E-state index is 4.62. The van der Waals surface area contributed by atoms with Gasteiger partial charge >= 0.3 is 0 Å². The molecule has 0 amide bonds. The number of hydrogen-bond acceptors (Lipinski definition) is 6. The molecule has 2 heterocycles. The highest BCUT2D eigenvalue weighted by Gasteiger charge is 2.10. The number of thiazole rings is 1. The molecule has 19 heavy (non-hydrogen) atoms. The van der Waals surface area contributed by atoms with Crippen LogP contribution in [0.3, 0.4) is 0 Å². The maximum absolute atomic E-state index is 4.62. The Bertz CT molecular complexity index is 537. The van der Waals surface area contributed by atoms with Crippen molar-refractivity contribution in [1.29, 1.82) is 0 Å². The Balaban J connectivity index is 2.08. The number of nitrogens with one attached hydrogen (secondary N) is 1. The van der Waals surface area contributed by atoms with Gasteiger partial charge in [-0.25, -0.2) is 9.97 Å². The van der Waals surface area contributed by atoms with E-state index in [-0.39, 0.29) is 0 Å². The molecule has 5 nitrogen and oxygen atoms in total. The van der Waals surface area contributed by atoms with E-state index < -0.39 is 0 Å². The van der Waals surface area contributed by atoms with Crippen LogP contribution < -0.4 is 10.2 Å². The summed E-state index contributed by atoms with van der Waals surface area (Å²) in [5, 5.41) is 6.29. The van der Waals surface area contributed by atoms with Crippen LogP contribution in [-0.2, 0) is 6.54 Å². The molecule has 1 N–H and O–H groups in total. The summed E-state index contributed by atoms with van der Waals surface area (Å²) in [5.74, 6) is 2.00. The minimum absolute atomic E-state index is 0.480. The Kier molecular flexibility index (Phi) is 4.31. The third-order valence-corrected chi connectivity index (χ3v) is 3.90. The van der Waals surface area contributed by atoms with Gasteiger partial charge in [0, 0.05) is 31.6 Å². The molecule has 2 rings (SSSR count). The maximum Gasteiger partial charge on any atom is 0.227 e. The Labute approximate surface area is 117 Å². The van der Waals surface area contributed by atoms with Crippen LogP contribution >= 0.6 is 11.3 Å². The van der Waals surface area contributed by atoms with E-state index in [1.807, 2.05) is 25.1 Å². The minimum Gasteiger partial charge on any atom is -0.373 e. The van der Waals surface area contributed by atoms with Crippen molar-refractivity contribution in [3.8, 4) is 0 Å². The molecule has 0 unspecified atom stereocenters. The second kappa shape index (κ2) is 5.97. The van der Waals surface area contributed by atoms with Gasteiger partial charge < -0.3 is 10.2 Å². The molecule has 6 heteroatoms. The first kappa shape index (κ1) is 13.7. The zero-order chi connectivity index (χ0) is 13.8. The van der Waals surface area contributed by atoms with E-state index in [2.05, 4.69) is 39.5 Å². The average Bonchev–Trinajstić information content (AvgIpc) is 2.87. The van der Waals surface area contributed by atoms with Crippen LogP contribution in [0.4, 0.5) is 11.8 Å². The van der Waals surface area contributed by atoms with Crippen molar-refractivity contribution in [2.24, 2.45) is 0 Å². The lowest BCUT2D eigenvalue weighted by Gasteiger charge is -2.16. The summed E-state index contributed by atoms with van der Waals surface area (Å²) in [6, 6.07) is 1.84. The monoisotopic (exact) mass is 277 g/mol. The number of hydrogen-bond donors (Lipinski definition) is 1. The van der Waals surface area contributed by atoms with Gasteiger partial charge in [-0.15, -0.1) is 11.3 Å². The van der Waals surface area contributed by atoms with E-state index in [9.17, 15) is 0 Å². The third-order valence-electron chi connectivity index (χ3n) is 2.70. The average molecular weight is 277 g/mol. The van der Waals surface area contributed by atoms with Gasteiger partial charge in [-0.3, -0.25) is 0 Å². The highest BCUT2D eigenvalue weighted by Crippen LogP contribution is 2.20. The standard InChI is InChI=1S/C13H19N5S/c1-9(2)12-16-10(8-19-12)7-18(4)13-15-6-5-11(14-3)17-13/h5-6,8-9H,7H2,1-4H3,(H,14,15,17). The summed E-state index contributed by atoms with van der Waals surface area (Å²) in [7, 11) is 3.82. The summed E-state index contributed by atoms with van der Waals surface area (Å²) < 4.78 is 0. The fourth-order valence-corrected chi connectivity index (χ4v) is 2.47. The lowest BCUT2D eigenvalue weighted by molar-refractivity contribution is 0.810. The highest BCUT2D eigenvalue weighted by atomic mass is 32.1. The number of aromatic nitrogens is 3. The largest absolute Gasteiger partial charge is 0.373 e. The predicted molar refractivity (Wildman–Crippen MR) is 79.9 cm³/mol. The molecule has 0 fully saturated rings. The van der Waals surface area contributed by atoms with Crippen LogP contribution in [0.1, 0.15) is 30.5 Å². The topological polar surface area (TPSA) is 53.9 Å². The Morgan fingerprint density at radius 3 is 2.79 bits per heavy atom. The van der Waals surface area contributed by atoms with Gasteiger partial charge in [-0.1, -0.05) is 13.8 Å². The van der Waals surface area contributed by atoms with Crippen molar-refractivity contribution in [2.45, 2.75) is 26.3 Å². The highest BCUT2D eigenvalue weighted by molar-refractivity contribution is 7.09. The van der Waals surface area contributed by atoms with Crippen molar-refractivity contribution in [2.75, 3.05) is 24.3 Å². The van der Waals surface area contributed by atoms with Gasteiger partial charge in [0.25, 0.3) is 0 Å². The quantitative estimate of drug-likeness (QED) is 0.910. The smallest absolute Gasteiger partial charge is 0.227 e. The molecule has 0 radical (unpaired) electrons. The summed E-state index contributed by atoms with van der Waals surface area (Å²) in [6.45, 7) is 5.04. The number of nitrogens with zero attached hydrogens (tertiary/aromatic N) is 4. The zero-order valence-electron chi connectivity index (χ0n) is 11.7. The lowest BCUT2D eigenvalue weighted by Crippen LogP contribution is -2.19. The summed E-state index contributed by atoms with van der Waals surface area (Å²) in [6.07, 6.45) is 1.76. The summed E-state index contributed by atoms with van der Waals surface area (Å²) >= 11 is 1.71. The van der Waals surface area contributed by atoms with Crippen molar-refractivity contribution < 1.29 is 0 Å². The molecular formula is C13H19N5S. The molecule has 0 spiro atoms. The van der Waals surface area contributed by atoms with Crippen LogP contribution in [0.2, 0.25) is 0 Å². The first-order chi connectivity index (χ1) is 9.10. The van der Waals surface area contributed by atoms with Crippen LogP contribution in [0, 0.1) is 0 Å². The first-order valence-electron chi connectivity index (χ1n) is 6.26. The Morgan fingerprint density at radius 1 is 1.37 bits per heavy atom. The Hall–Kier alpha value is -1.69. The number of rotatable bonds is 5. The molecule has 0 bridgehead atoms. The SMILES string of the molecule is CNc1ccnc(N(C)Cc2csc(C(C)C)n2)n1. The van der Waals surface area contributed by atoms with Gasteiger partial charge in [0.1, 0.15) is 5.82 Å². The molecule has 0 aliphatic heterocycles. The summed E-state index contributed by atoms with van der Waals surface area (Å²) in [5.41, 5.74) is 1.06. The fraction of sp³-hybridized carbons (Fsp3) is 0.462. The second-order valence-electron chi connectivity index (χ2n) is 4.68. The van der Waals surface area contributed by atoms with Gasteiger partial charge in [0.15, 0.2) is 0 Å². The fourth-order valence-electron chi connectivity index (χ4n) is 1.65. The van der Waals surface area contributed by atoms with E-state index in [4.69, 9.17) is 0 Å². The molecule has 0 atom stereocenters. The summed E-state index contributed by atoms with van der Waals surface area (Å²) in [4.78, 5) is 15.3. The van der Waals surface area contributed by atoms with Gasteiger partial charge in [0.2, 0.25) is 5.95 Å². The molecule has 0 saturated heterocycles. The van der Waals surface area contributed by atoms with Crippen molar-refractivity contribution >= 4 is 23.1 Å². The van der Waals surface area contributed by atoms with E-state index in [1.54, 1.807) is 17.5 Å². The third kappa shape index (κ3) is 3.41. The molecule has 2 aromatic heterocycles. The van der Waals surface area contributed by atoms with Crippen molar-refractivity contribution in [1.82, 2.24) is 15.0 Å². The molecule has 0 aromatic carbocycles. The van der Waals surface area contributed by atoms with Gasteiger partial charge in [-0.2, -0.15) is 4.98 Å². The van der Waals surface area contributed by atoms with Gasteiger partial charge in [-0.05, 0) is 6.07 Å². The van der Waals surface area contributed by atoms with Crippen LogP contribution in [-0.4, -0.2) is 29.0 Å². The lowest BCUT2D eigenvalue weighted by atomic mass is 10.2. The zero-order valence-corrected chi connectivity index (χ0v) is 12.5. The predicted octanol–water partition coefficient (Wildman–Crippen LogP) is 2.73. The van der Waals surface area contributed by atoms with E-state index in [0.717, 1.165) is 18.1 Å². The molecule has 0 aliphatic rings. The molecular weight excluding hydrogens is 258 g/mol. The molecule has 2 aromatic rings. The normalized spacial score (nSPS) is 10.8. The second-order valence-corrected chi connectivity index (χ2v) is 5.57. The van der Waals surface area contributed by atoms with Crippen LogP contribution in [0.5, 0.6) is 0 Å². The van der Waals surface area contributed by atoms with Crippen LogP contribution in [0.15, 0.2) is 17.6 Å². The Morgan fingerprint density at radius 2 is 2.16 bits per heavy atom. The van der Waals surface area contributed by atoms with E-state index in [0.29, 0.717) is 11.9 Å². The molecule has 102 valence electrons. The molecule has 0 saturated carbocycles. The van der Waals surface area contributed by atoms with Crippen molar-refractivity contribution in [3.05, 3.63) is 28.3 Å². The van der Waals surface area contributed by atoms with E-state index in [1.165, 1.54) is 5.01 Å². The van der Waals surface area contributed by atoms with Crippen LogP contribution in [0.25, 0.3) is 0 Å². The number of anilines is 2. The minimum atomic E-state index is 0.480. The molecule has 0 aliphatic carbocycles. The van der Waals surface area contributed by atoms with Gasteiger partial charge in [0.05, 0.1) is 17.2 Å². The van der Waals surface area contributed by atoms with Crippen molar-refractivity contribution in [3.63, 3.8) is 0 Å². The first-order valence-corrected chi connectivity index (χ1v) is 7.14.